The second kappa shape index (κ2) is 7.82. The third-order valence-corrected chi connectivity index (χ3v) is 4.17. The lowest BCUT2D eigenvalue weighted by atomic mass is 10.3. The molecular weight excluding hydrogens is 342 g/mol. The van der Waals surface area contributed by atoms with Crippen LogP contribution in [0, 0.1) is 0 Å². The van der Waals surface area contributed by atoms with Crippen molar-refractivity contribution in [3.8, 4) is 11.6 Å². The number of hydrogen-bond acceptors (Lipinski definition) is 5. The van der Waals surface area contributed by atoms with Gasteiger partial charge in [-0.3, -0.25) is 9.97 Å². The van der Waals surface area contributed by atoms with Gasteiger partial charge in [0.05, 0.1) is 18.4 Å². The molecule has 1 aliphatic rings. The molecule has 0 atom stereocenters. The molecule has 0 bridgehead atoms. The number of nitrogens with one attached hydrogen (secondary N) is 1. The molecule has 7 nitrogen and oxygen atoms in total. The lowest BCUT2D eigenvalue weighted by Crippen LogP contribution is -2.36. The Labute approximate surface area is 157 Å². The van der Waals surface area contributed by atoms with Gasteiger partial charge in [-0.05, 0) is 49.2 Å². The van der Waals surface area contributed by atoms with Crippen molar-refractivity contribution < 1.29 is 9.53 Å². The number of nitrogens with zero attached hydrogens (tertiary/aromatic N) is 4. The fraction of sp³-hybridized carbons (Fsp3) is 0.200. The number of urea groups is 1. The second-order valence-corrected chi connectivity index (χ2v) is 6.28. The minimum Gasteiger partial charge on any atom is -0.438 e. The third kappa shape index (κ3) is 4.58. The SMILES string of the molecule is O=C(Nc1ccc(Oc2cnccn2)cc1)N(Cc1ccccn1)C1CC1. The Morgan fingerprint density at radius 3 is 2.59 bits per heavy atom. The van der Waals surface area contributed by atoms with Crippen molar-refractivity contribution in [2.75, 3.05) is 5.32 Å². The van der Waals surface area contributed by atoms with Crippen LogP contribution in [-0.2, 0) is 6.54 Å². The monoisotopic (exact) mass is 361 g/mol. The summed E-state index contributed by atoms with van der Waals surface area (Å²) in [6.07, 6.45) is 8.51. The van der Waals surface area contributed by atoms with E-state index in [0.29, 0.717) is 23.9 Å². The minimum absolute atomic E-state index is 0.120. The van der Waals surface area contributed by atoms with E-state index < -0.39 is 0 Å². The molecule has 0 aliphatic heterocycles. The first-order valence-corrected chi connectivity index (χ1v) is 8.79. The summed E-state index contributed by atoms with van der Waals surface area (Å²) in [7, 11) is 0. The van der Waals surface area contributed by atoms with E-state index >= 15 is 0 Å². The maximum Gasteiger partial charge on any atom is 0.322 e. The molecule has 4 rings (SSSR count). The van der Waals surface area contributed by atoms with E-state index in [4.69, 9.17) is 4.74 Å². The predicted octanol–water partition coefficient (Wildman–Crippen LogP) is 3.86. The Morgan fingerprint density at radius 1 is 1.07 bits per heavy atom. The molecule has 136 valence electrons. The van der Waals surface area contributed by atoms with Crippen molar-refractivity contribution in [2.24, 2.45) is 0 Å². The fourth-order valence-corrected chi connectivity index (χ4v) is 2.68. The van der Waals surface area contributed by atoms with Crippen LogP contribution in [0.5, 0.6) is 11.6 Å². The van der Waals surface area contributed by atoms with Crippen LogP contribution in [0.3, 0.4) is 0 Å². The van der Waals surface area contributed by atoms with Gasteiger partial charge in [-0.15, -0.1) is 0 Å². The quantitative estimate of drug-likeness (QED) is 0.721. The summed E-state index contributed by atoms with van der Waals surface area (Å²) >= 11 is 0. The first-order chi connectivity index (χ1) is 13.3. The van der Waals surface area contributed by atoms with Gasteiger partial charge in [0, 0.05) is 30.3 Å². The highest BCUT2D eigenvalue weighted by atomic mass is 16.5. The molecule has 1 aliphatic carbocycles. The number of carbonyl (C=O) groups is 1. The summed E-state index contributed by atoms with van der Waals surface area (Å²) in [5.41, 5.74) is 1.59. The number of hydrogen-bond donors (Lipinski definition) is 1. The molecule has 1 fully saturated rings. The number of amides is 2. The van der Waals surface area contributed by atoms with Crippen molar-refractivity contribution in [1.82, 2.24) is 19.9 Å². The maximum absolute atomic E-state index is 12.7. The van der Waals surface area contributed by atoms with Gasteiger partial charge >= 0.3 is 6.03 Å². The van der Waals surface area contributed by atoms with Gasteiger partial charge in [-0.25, -0.2) is 9.78 Å². The van der Waals surface area contributed by atoms with Crippen LogP contribution in [0.4, 0.5) is 10.5 Å². The molecule has 0 spiro atoms. The van der Waals surface area contributed by atoms with E-state index in [1.165, 1.54) is 0 Å². The number of anilines is 1. The summed E-state index contributed by atoms with van der Waals surface area (Å²) < 4.78 is 5.61. The molecule has 0 unspecified atom stereocenters. The largest absolute Gasteiger partial charge is 0.438 e. The maximum atomic E-state index is 12.7. The Balaban J connectivity index is 1.39. The van der Waals surface area contributed by atoms with E-state index in [1.807, 2.05) is 23.1 Å². The molecule has 7 heteroatoms. The van der Waals surface area contributed by atoms with E-state index in [2.05, 4.69) is 20.3 Å². The van der Waals surface area contributed by atoms with Gasteiger partial charge in [-0.2, -0.15) is 0 Å². The Kier molecular flexibility index (Phi) is 4.91. The van der Waals surface area contributed by atoms with Crippen LogP contribution >= 0.6 is 0 Å². The molecule has 0 radical (unpaired) electrons. The molecule has 1 aromatic carbocycles. The number of rotatable bonds is 6. The molecule has 2 aromatic heterocycles. The zero-order valence-electron chi connectivity index (χ0n) is 14.7. The predicted molar refractivity (Wildman–Crippen MR) is 100 cm³/mol. The van der Waals surface area contributed by atoms with Crippen LogP contribution in [0.15, 0.2) is 67.3 Å². The van der Waals surface area contributed by atoms with Crippen molar-refractivity contribution in [2.45, 2.75) is 25.4 Å². The highest BCUT2D eigenvalue weighted by Crippen LogP contribution is 2.29. The lowest BCUT2D eigenvalue weighted by molar-refractivity contribution is 0.205. The number of aromatic nitrogens is 3. The minimum atomic E-state index is -0.120. The van der Waals surface area contributed by atoms with E-state index in [-0.39, 0.29) is 12.1 Å². The molecular formula is C20H19N5O2. The zero-order valence-corrected chi connectivity index (χ0v) is 14.7. The Bertz CT molecular complexity index is 883. The molecule has 1 N–H and O–H groups in total. The topological polar surface area (TPSA) is 80.2 Å². The van der Waals surface area contributed by atoms with Crippen LogP contribution in [0.25, 0.3) is 0 Å². The fourth-order valence-electron chi connectivity index (χ4n) is 2.68. The van der Waals surface area contributed by atoms with Crippen LogP contribution in [-0.4, -0.2) is 31.9 Å². The number of pyridine rings is 1. The Hall–Kier alpha value is -3.48. The molecule has 2 heterocycles. The van der Waals surface area contributed by atoms with E-state index in [9.17, 15) is 4.79 Å². The summed E-state index contributed by atoms with van der Waals surface area (Å²) in [5.74, 6) is 1.05. The second-order valence-electron chi connectivity index (χ2n) is 6.28. The normalized spacial score (nSPS) is 13.0. The van der Waals surface area contributed by atoms with Crippen molar-refractivity contribution >= 4 is 11.7 Å². The number of ether oxygens (including phenoxy) is 1. The van der Waals surface area contributed by atoms with Crippen molar-refractivity contribution in [1.29, 1.82) is 0 Å². The molecule has 1 saturated carbocycles. The number of benzene rings is 1. The Morgan fingerprint density at radius 2 is 1.93 bits per heavy atom. The van der Waals surface area contributed by atoms with E-state index in [0.717, 1.165) is 18.5 Å². The first kappa shape index (κ1) is 17.0. The first-order valence-electron chi connectivity index (χ1n) is 8.79. The number of carbonyl (C=O) groups excluding carboxylic acids is 1. The van der Waals surface area contributed by atoms with Gasteiger partial charge < -0.3 is 15.0 Å². The standard InChI is InChI=1S/C20H19N5O2/c26-20(25(17-6-7-17)14-16-3-1-2-10-22-16)24-15-4-8-18(9-5-15)27-19-13-21-11-12-23-19/h1-5,8-13,17H,6-7,14H2,(H,24,26). The average Bonchev–Trinajstić information content (AvgIpc) is 3.54. The van der Waals surface area contributed by atoms with Gasteiger partial charge in [0.25, 0.3) is 0 Å². The van der Waals surface area contributed by atoms with Gasteiger partial charge in [0.15, 0.2) is 0 Å². The van der Waals surface area contributed by atoms with Gasteiger partial charge in [0.2, 0.25) is 5.88 Å². The van der Waals surface area contributed by atoms with Crippen LogP contribution in [0.1, 0.15) is 18.5 Å². The summed E-state index contributed by atoms with van der Waals surface area (Å²) in [4.78, 5) is 26.9. The zero-order chi connectivity index (χ0) is 18.5. The van der Waals surface area contributed by atoms with Crippen LogP contribution in [0.2, 0.25) is 0 Å². The smallest absolute Gasteiger partial charge is 0.322 e. The third-order valence-electron chi connectivity index (χ3n) is 4.17. The average molecular weight is 361 g/mol. The van der Waals surface area contributed by atoms with Gasteiger partial charge in [0.1, 0.15) is 5.75 Å². The van der Waals surface area contributed by atoms with Crippen LogP contribution < -0.4 is 10.1 Å². The lowest BCUT2D eigenvalue weighted by Gasteiger charge is -2.22. The molecule has 27 heavy (non-hydrogen) atoms. The van der Waals surface area contributed by atoms with Crippen molar-refractivity contribution in [3.63, 3.8) is 0 Å². The summed E-state index contributed by atoms with van der Waals surface area (Å²) in [6.45, 7) is 0.505. The van der Waals surface area contributed by atoms with Gasteiger partial charge in [-0.1, -0.05) is 6.07 Å². The van der Waals surface area contributed by atoms with E-state index in [1.54, 1.807) is 49.1 Å². The molecule has 2 amide bonds. The highest BCUT2D eigenvalue weighted by molar-refractivity contribution is 5.89. The van der Waals surface area contributed by atoms with Crippen molar-refractivity contribution in [3.05, 3.63) is 72.9 Å². The highest BCUT2D eigenvalue weighted by Gasteiger charge is 2.32. The summed E-state index contributed by atoms with van der Waals surface area (Å²) in [6, 6.07) is 13.1. The summed E-state index contributed by atoms with van der Waals surface area (Å²) in [5, 5.41) is 2.95. The molecule has 0 saturated heterocycles. The molecule has 3 aromatic rings.